The van der Waals surface area contributed by atoms with Gasteiger partial charge < -0.3 is 79.3 Å². The highest BCUT2D eigenvalue weighted by Gasteiger charge is 2.21. The second kappa shape index (κ2) is 17.3. The SMILES string of the molecule is COc1cc(-c2oc3cc(O)cc(O)c3c(=O)c2O)ccc1O.Cc1ccc(-c2oc3cc(O)cc(O)c3c(=O)c2O)cc1O.O=c1cc(-c2cc(O)c(O)c(O)c2)oc2ccc(O)cc12. The topological polar surface area (TPSA) is 343 Å². The quantitative estimate of drug-likeness (QED) is 0.0779. The van der Waals surface area contributed by atoms with Gasteiger partial charge in [-0.15, -0.1) is 0 Å². The predicted octanol–water partition coefficient (Wildman–Crippen LogP) is 7.16. The normalized spacial score (nSPS) is 10.9. The highest BCUT2D eigenvalue weighted by molar-refractivity contribution is 5.89. The summed E-state index contributed by atoms with van der Waals surface area (Å²) in [6, 6.07) is 20.5. The van der Waals surface area contributed by atoms with Crippen molar-refractivity contribution in [2.45, 2.75) is 6.92 Å². The number of ether oxygens (including phenoxy) is 1. The van der Waals surface area contributed by atoms with Gasteiger partial charge in [-0.3, -0.25) is 14.4 Å². The highest BCUT2D eigenvalue weighted by atomic mass is 16.5. The molecule has 0 saturated carbocycles. The van der Waals surface area contributed by atoms with Crippen LogP contribution in [0.3, 0.4) is 0 Å². The lowest BCUT2D eigenvalue weighted by atomic mass is 10.1. The van der Waals surface area contributed by atoms with E-state index >= 15 is 0 Å². The maximum absolute atomic E-state index is 12.2. The van der Waals surface area contributed by atoms with E-state index in [1.165, 1.54) is 67.8 Å². The van der Waals surface area contributed by atoms with Crippen LogP contribution in [0.1, 0.15) is 5.56 Å². The summed E-state index contributed by atoms with van der Waals surface area (Å²) in [5.41, 5.74) is -0.531. The number of fused-ring (bicyclic) bond motifs is 3. The average molecular weight is 903 g/mol. The van der Waals surface area contributed by atoms with E-state index < -0.39 is 51.1 Å². The number of aromatic hydroxyl groups is 12. The molecule has 0 aliphatic rings. The number of phenols is 10. The number of hydrogen-bond donors (Lipinski definition) is 12. The van der Waals surface area contributed by atoms with Crippen molar-refractivity contribution in [3.63, 3.8) is 0 Å². The average Bonchev–Trinajstić information content (AvgIpc) is 3.26. The van der Waals surface area contributed by atoms with Crippen molar-refractivity contribution in [2.24, 2.45) is 0 Å². The van der Waals surface area contributed by atoms with Crippen LogP contribution < -0.4 is 21.0 Å². The van der Waals surface area contributed by atoms with Gasteiger partial charge in [0.15, 0.2) is 45.7 Å². The Balaban J connectivity index is 0.000000147. The summed E-state index contributed by atoms with van der Waals surface area (Å²) in [6.45, 7) is 1.70. The van der Waals surface area contributed by atoms with Gasteiger partial charge in [0.05, 0.1) is 12.5 Å². The molecule has 336 valence electrons. The summed E-state index contributed by atoms with van der Waals surface area (Å²) in [5.74, 6) is -4.93. The number of aryl methyl sites for hydroxylation is 1. The van der Waals surface area contributed by atoms with Gasteiger partial charge in [0.1, 0.15) is 67.8 Å². The van der Waals surface area contributed by atoms with Crippen molar-refractivity contribution in [3.8, 4) is 109 Å². The Bertz CT molecular complexity index is 3560. The second-order valence-electron chi connectivity index (χ2n) is 14.3. The lowest BCUT2D eigenvalue weighted by molar-refractivity contribution is 0.368. The summed E-state index contributed by atoms with van der Waals surface area (Å²) in [4.78, 5) is 36.5. The van der Waals surface area contributed by atoms with Gasteiger partial charge in [0, 0.05) is 47.0 Å². The molecule has 19 heteroatoms. The minimum absolute atomic E-state index is 0.0154. The first-order chi connectivity index (χ1) is 31.3. The van der Waals surface area contributed by atoms with E-state index in [1.54, 1.807) is 19.1 Å². The minimum Gasteiger partial charge on any atom is -0.508 e. The number of methoxy groups -OCH3 is 1. The van der Waals surface area contributed by atoms with E-state index in [2.05, 4.69) is 0 Å². The van der Waals surface area contributed by atoms with Gasteiger partial charge in [0.25, 0.3) is 0 Å². The van der Waals surface area contributed by atoms with Crippen LogP contribution in [0.2, 0.25) is 0 Å². The van der Waals surface area contributed by atoms with E-state index in [0.717, 1.165) is 24.3 Å². The fraction of sp³-hybridized carbons (Fsp3) is 0.0426. The molecule has 0 aliphatic carbocycles. The Morgan fingerprint density at radius 3 is 1.47 bits per heavy atom. The monoisotopic (exact) mass is 902 g/mol. The zero-order chi connectivity index (χ0) is 47.9. The molecular weight excluding hydrogens is 868 g/mol. The van der Waals surface area contributed by atoms with E-state index in [0.29, 0.717) is 11.1 Å². The number of phenolic OH excluding ortho intramolecular Hbond substituents is 10. The van der Waals surface area contributed by atoms with Gasteiger partial charge in [-0.25, -0.2) is 0 Å². The van der Waals surface area contributed by atoms with Crippen molar-refractivity contribution in [3.05, 3.63) is 133 Å². The number of hydrogen-bond acceptors (Lipinski definition) is 19. The van der Waals surface area contributed by atoms with Gasteiger partial charge in [0.2, 0.25) is 22.4 Å². The van der Waals surface area contributed by atoms with Gasteiger partial charge in [-0.2, -0.15) is 0 Å². The molecule has 0 spiro atoms. The standard InChI is InChI=1S/C16H12O7.C16H12O6.C15H10O6/c1-22-11-4-7(2-3-9(11)18)16-15(21)14(20)13-10(19)5-8(17)6-12(13)23-16;1-7-2-3-8(4-10(7)18)16-15(21)14(20)13-11(19)5-9(17)6-12(13)22-16;16-8-1-2-13-9(5-8)10(17)6-14(21-13)7-3-11(18)15(20)12(19)4-7/h2-6,17-19,21H,1H3;2-6,17-19,21H,1H3;1-6,16,18-20H. The van der Waals surface area contributed by atoms with Crippen LogP contribution in [0, 0.1) is 6.92 Å². The molecule has 0 atom stereocenters. The number of rotatable bonds is 4. The molecule has 0 bridgehead atoms. The smallest absolute Gasteiger partial charge is 0.238 e. The van der Waals surface area contributed by atoms with Crippen LogP contribution in [0.4, 0.5) is 0 Å². The maximum Gasteiger partial charge on any atom is 0.238 e. The van der Waals surface area contributed by atoms with Crippen molar-refractivity contribution in [1.29, 1.82) is 0 Å². The Morgan fingerprint density at radius 1 is 0.424 bits per heavy atom. The van der Waals surface area contributed by atoms with Crippen LogP contribution in [0.25, 0.3) is 66.9 Å². The fourth-order valence-electron chi connectivity index (χ4n) is 6.54. The summed E-state index contributed by atoms with van der Waals surface area (Å²) in [6.07, 6.45) is 0. The molecule has 66 heavy (non-hydrogen) atoms. The van der Waals surface area contributed by atoms with Crippen LogP contribution >= 0.6 is 0 Å². The third-order valence-electron chi connectivity index (χ3n) is 9.85. The first-order valence-electron chi connectivity index (χ1n) is 18.9. The van der Waals surface area contributed by atoms with Crippen molar-refractivity contribution >= 4 is 32.9 Å². The Kier molecular flexibility index (Phi) is 11.6. The van der Waals surface area contributed by atoms with Gasteiger partial charge in [-0.1, -0.05) is 12.1 Å². The van der Waals surface area contributed by atoms with Crippen LogP contribution in [-0.2, 0) is 0 Å². The third-order valence-corrected chi connectivity index (χ3v) is 9.85. The Labute approximate surface area is 367 Å². The second-order valence-corrected chi connectivity index (χ2v) is 14.3. The van der Waals surface area contributed by atoms with E-state index in [9.17, 15) is 75.7 Å². The molecule has 6 aromatic carbocycles. The van der Waals surface area contributed by atoms with Crippen LogP contribution in [0.15, 0.2) is 125 Å². The van der Waals surface area contributed by atoms with E-state index in [4.69, 9.17) is 18.0 Å². The minimum atomic E-state index is -0.842. The molecule has 3 aromatic heterocycles. The van der Waals surface area contributed by atoms with Gasteiger partial charge >= 0.3 is 0 Å². The molecule has 12 N–H and O–H groups in total. The van der Waals surface area contributed by atoms with Crippen molar-refractivity contribution < 1.29 is 79.3 Å². The molecule has 0 amide bonds. The predicted molar refractivity (Wildman–Crippen MR) is 235 cm³/mol. The molecule has 0 fully saturated rings. The molecule has 0 saturated heterocycles. The number of benzene rings is 6. The summed E-state index contributed by atoms with van der Waals surface area (Å²) >= 11 is 0. The fourth-order valence-corrected chi connectivity index (χ4v) is 6.54. The van der Waals surface area contributed by atoms with Gasteiger partial charge in [-0.05, 0) is 67.1 Å². The zero-order valence-electron chi connectivity index (χ0n) is 34.0. The van der Waals surface area contributed by atoms with Crippen molar-refractivity contribution in [1.82, 2.24) is 0 Å². The highest BCUT2D eigenvalue weighted by Crippen LogP contribution is 2.41. The van der Waals surface area contributed by atoms with E-state index in [1.807, 2.05) is 0 Å². The lowest BCUT2D eigenvalue weighted by Crippen LogP contribution is -2.03. The first-order valence-corrected chi connectivity index (χ1v) is 18.9. The molecule has 9 rings (SSSR count). The largest absolute Gasteiger partial charge is 0.508 e. The zero-order valence-corrected chi connectivity index (χ0v) is 34.0. The van der Waals surface area contributed by atoms with Crippen LogP contribution in [-0.4, -0.2) is 68.4 Å². The lowest BCUT2D eigenvalue weighted by Gasteiger charge is -2.09. The molecule has 0 radical (unpaired) electrons. The van der Waals surface area contributed by atoms with Crippen LogP contribution in [0.5, 0.6) is 74.7 Å². The molecule has 19 nitrogen and oxygen atoms in total. The Hall–Kier alpha value is -9.65. The summed E-state index contributed by atoms with van der Waals surface area (Å²) in [5, 5.41) is 115. The molecular formula is C47H34O19. The summed E-state index contributed by atoms with van der Waals surface area (Å²) in [7, 11) is 1.35. The van der Waals surface area contributed by atoms with E-state index in [-0.39, 0.29) is 101 Å². The molecule has 9 aromatic rings. The Morgan fingerprint density at radius 2 is 0.939 bits per heavy atom. The molecule has 3 heterocycles. The maximum atomic E-state index is 12.2. The molecule has 0 unspecified atom stereocenters. The molecule has 0 aliphatic heterocycles. The first kappa shape index (κ1) is 44.4. The van der Waals surface area contributed by atoms with Crippen molar-refractivity contribution in [2.75, 3.05) is 7.11 Å². The summed E-state index contributed by atoms with van der Waals surface area (Å²) < 4.78 is 21.4. The third kappa shape index (κ3) is 8.44.